The normalized spacial score (nSPS) is 12.5. The minimum Gasteiger partial charge on any atom is -0.417 e. The van der Waals surface area contributed by atoms with Crippen LogP contribution in [-0.4, -0.2) is 20.7 Å². The number of hydrogen-bond acceptors (Lipinski definition) is 2. The second kappa shape index (κ2) is 14.8. The molecule has 3 heteroatoms. The van der Waals surface area contributed by atoms with E-state index in [1.807, 2.05) is 0 Å². The van der Waals surface area contributed by atoms with Crippen molar-refractivity contribution in [3.05, 3.63) is 0 Å². The smallest absolute Gasteiger partial charge is 0.191 e. The molecule has 0 bridgehead atoms. The first-order valence-corrected chi connectivity index (χ1v) is 14.2. The van der Waals surface area contributed by atoms with Gasteiger partial charge in [-0.3, -0.25) is 0 Å². The molecule has 0 aliphatic heterocycles. The van der Waals surface area contributed by atoms with Crippen LogP contribution in [0.25, 0.3) is 0 Å². The molecule has 0 atom stereocenters. The summed E-state index contributed by atoms with van der Waals surface area (Å²) in [6, 6.07) is 0. The van der Waals surface area contributed by atoms with E-state index in [0.29, 0.717) is 10.8 Å². The zero-order valence-corrected chi connectivity index (χ0v) is 19.9. The van der Waals surface area contributed by atoms with Crippen molar-refractivity contribution >= 4 is 14.1 Å². The quantitative estimate of drug-likeness (QED) is 0.187. The average Bonchev–Trinajstić information content (AvgIpc) is 2.53. The van der Waals surface area contributed by atoms with Crippen molar-refractivity contribution in [1.29, 1.82) is 0 Å². The fourth-order valence-electron chi connectivity index (χ4n) is 2.96. The predicted octanol–water partition coefficient (Wildman–Crippen LogP) is 8.06. The van der Waals surface area contributed by atoms with Crippen LogP contribution >= 0.6 is 0 Å². The molecule has 0 rings (SSSR count). The lowest BCUT2D eigenvalue weighted by Crippen LogP contribution is -2.40. The van der Waals surface area contributed by atoms with Crippen LogP contribution in [0.4, 0.5) is 0 Å². The highest BCUT2D eigenvalue weighted by atomic mass is 28.4. The fourth-order valence-corrected chi connectivity index (χ4v) is 4.05. The topological polar surface area (TPSA) is 26.3 Å². The van der Waals surface area contributed by atoms with Gasteiger partial charge in [0.25, 0.3) is 0 Å². The maximum Gasteiger partial charge on any atom is 0.191 e. The Kier molecular flexibility index (Phi) is 14.8. The van der Waals surface area contributed by atoms with Crippen LogP contribution in [0, 0.1) is 0 Å². The fraction of sp³-hybridized carbons (Fsp3) is 0.957. The minimum absolute atomic E-state index is 0.335. The molecule has 0 N–H and O–H groups in total. The third-order valence-corrected chi connectivity index (χ3v) is 10.5. The third-order valence-electron chi connectivity index (χ3n) is 5.94. The molecule has 0 amide bonds. The SMILES string of the molecule is CC(=O)CCCCCCCCCCCCCCCO[Si](C)(C)C(C)(C)C. The molecule has 156 valence electrons. The van der Waals surface area contributed by atoms with E-state index in [-0.39, 0.29) is 0 Å². The second-order valence-corrected chi connectivity index (χ2v) is 14.5. The number of unbranched alkanes of at least 4 members (excludes halogenated alkanes) is 12. The van der Waals surface area contributed by atoms with Crippen molar-refractivity contribution < 1.29 is 9.22 Å². The van der Waals surface area contributed by atoms with Gasteiger partial charge in [-0.15, -0.1) is 0 Å². The van der Waals surface area contributed by atoms with Gasteiger partial charge in [0.15, 0.2) is 8.32 Å². The Bertz CT molecular complexity index is 345. The molecule has 0 fully saturated rings. The summed E-state index contributed by atoms with van der Waals surface area (Å²) in [4.78, 5) is 10.8. The van der Waals surface area contributed by atoms with E-state index in [2.05, 4.69) is 33.9 Å². The zero-order chi connectivity index (χ0) is 19.9. The lowest BCUT2D eigenvalue weighted by Gasteiger charge is -2.36. The number of rotatable bonds is 17. The van der Waals surface area contributed by atoms with E-state index in [9.17, 15) is 4.79 Å². The molecule has 0 spiro atoms. The molecule has 26 heavy (non-hydrogen) atoms. The second-order valence-electron chi connectivity index (χ2n) is 9.66. The van der Waals surface area contributed by atoms with E-state index in [1.54, 1.807) is 6.92 Å². The van der Waals surface area contributed by atoms with Crippen LogP contribution in [0.15, 0.2) is 0 Å². The molecule has 0 aromatic heterocycles. The standard InChI is InChI=1S/C23H48O2Si/c1-22(24)20-18-16-14-12-10-8-7-9-11-13-15-17-19-21-25-26(5,6)23(2,3)4/h7-21H2,1-6H3. The van der Waals surface area contributed by atoms with E-state index in [0.717, 1.165) is 19.4 Å². The number of carbonyl (C=O) groups excluding carboxylic acids is 1. The van der Waals surface area contributed by atoms with Crippen LogP contribution in [0.3, 0.4) is 0 Å². The molecule has 0 radical (unpaired) electrons. The highest BCUT2D eigenvalue weighted by molar-refractivity contribution is 6.74. The summed E-state index contributed by atoms with van der Waals surface area (Å²) in [6.45, 7) is 14.3. The molecule has 0 aliphatic rings. The van der Waals surface area contributed by atoms with Crippen LogP contribution in [-0.2, 0) is 9.22 Å². The van der Waals surface area contributed by atoms with Gasteiger partial charge in [0.05, 0.1) is 0 Å². The number of hydrogen-bond donors (Lipinski definition) is 0. The first-order chi connectivity index (χ1) is 12.2. The van der Waals surface area contributed by atoms with Crippen LogP contribution < -0.4 is 0 Å². The summed E-state index contributed by atoms with van der Waals surface area (Å²) in [6.07, 6.45) is 18.1. The van der Waals surface area contributed by atoms with E-state index < -0.39 is 8.32 Å². The Labute approximate surface area is 166 Å². The Hall–Kier alpha value is -0.153. The highest BCUT2D eigenvalue weighted by Crippen LogP contribution is 2.36. The summed E-state index contributed by atoms with van der Waals surface area (Å²) in [5.41, 5.74) is 0. The summed E-state index contributed by atoms with van der Waals surface area (Å²) in [7, 11) is -1.53. The third kappa shape index (κ3) is 15.0. The highest BCUT2D eigenvalue weighted by Gasteiger charge is 2.36. The van der Waals surface area contributed by atoms with Gasteiger partial charge >= 0.3 is 0 Å². The van der Waals surface area contributed by atoms with Gasteiger partial charge in [0.2, 0.25) is 0 Å². The molecular formula is C23H48O2Si. The van der Waals surface area contributed by atoms with Crippen LogP contribution in [0.5, 0.6) is 0 Å². The van der Waals surface area contributed by atoms with Gasteiger partial charge in [-0.05, 0) is 37.9 Å². The Balaban J connectivity index is 3.24. The zero-order valence-electron chi connectivity index (χ0n) is 18.9. The lowest BCUT2D eigenvalue weighted by atomic mass is 10.0. The summed E-state index contributed by atoms with van der Waals surface area (Å²) >= 11 is 0. The van der Waals surface area contributed by atoms with Crippen molar-refractivity contribution in [2.75, 3.05) is 6.61 Å². The van der Waals surface area contributed by atoms with E-state index in [4.69, 9.17) is 4.43 Å². The van der Waals surface area contributed by atoms with E-state index >= 15 is 0 Å². The van der Waals surface area contributed by atoms with Crippen LogP contribution in [0.2, 0.25) is 18.1 Å². The first kappa shape index (κ1) is 25.8. The molecule has 0 aromatic rings. The summed E-state index contributed by atoms with van der Waals surface area (Å²) in [5, 5.41) is 0.335. The Morgan fingerprint density at radius 2 is 1.04 bits per heavy atom. The molecule has 0 saturated carbocycles. The summed E-state index contributed by atoms with van der Waals surface area (Å²) in [5.74, 6) is 0.341. The molecule has 0 unspecified atom stereocenters. The van der Waals surface area contributed by atoms with Crippen LogP contribution in [0.1, 0.15) is 118 Å². The van der Waals surface area contributed by atoms with E-state index in [1.165, 1.54) is 77.0 Å². The van der Waals surface area contributed by atoms with Gasteiger partial charge < -0.3 is 9.22 Å². The van der Waals surface area contributed by atoms with Gasteiger partial charge in [0.1, 0.15) is 5.78 Å². The number of ketones is 1. The molecule has 0 aliphatic carbocycles. The largest absolute Gasteiger partial charge is 0.417 e. The maximum atomic E-state index is 10.8. The molecular weight excluding hydrogens is 336 g/mol. The van der Waals surface area contributed by atoms with Crippen molar-refractivity contribution in [3.8, 4) is 0 Å². The van der Waals surface area contributed by atoms with Crippen molar-refractivity contribution in [2.45, 2.75) is 136 Å². The number of Topliss-reactive ketones (excluding diaryl/α,β-unsaturated/α-hetero) is 1. The minimum atomic E-state index is -1.53. The molecule has 0 heterocycles. The molecule has 0 saturated heterocycles. The maximum absolute atomic E-state index is 10.8. The summed E-state index contributed by atoms with van der Waals surface area (Å²) < 4.78 is 6.23. The number of carbonyl (C=O) groups is 1. The molecule has 0 aromatic carbocycles. The predicted molar refractivity (Wildman–Crippen MR) is 118 cm³/mol. The van der Waals surface area contributed by atoms with Crippen molar-refractivity contribution in [1.82, 2.24) is 0 Å². The monoisotopic (exact) mass is 384 g/mol. The van der Waals surface area contributed by atoms with Gasteiger partial charge in [-0.1, -0.05) is 91.4 Å². The first-order valence-electron chi connectivity index (χ1n) is 11.3. The Morgan fingerprint density at radius 3 is 1.38 bits per heavy atom. The van der Waals surface area contributed by atoms with Crippen molar-refractivity contribution in [3.63, 3.8) is 0 Å². The van der Waals surface area contributed by atoms with Gasteiger partial charge in [-0.25, -0.2) is 0 Å². The average molecular weight is 385 g/mol. The Morgan fingerprint density at radius 1 is 0.692 bits per heavy atom. The lowest BCUT2D eigenvalue weighted by molar-refractivity contribution is -0.117. The van der Waals surface area contributed by atoms with Gasteiger partial charge in [0, 0.05) is 13.0 Å². The molecule has 2 nitrogen and oxygen atoms in total. The van der Waals surface area contributed by atoms with Crippen molar-refractivity contribution in [2.24, 2.45) is 0 Å². The van der Waals surface area contributed by atoms with Gasteiger partial charge in [-0.2, -0.15) is 0 Å².